The van der Waals surface area contributed by atoms with E-state index in [1.807, 2.05) is 36.5 Å². The summed E-state index contributed by atoms with van der Waals surface area (Å²) in [6, 6.07) is 18.4. The van der Waals surface area contributed by atoms with Gasteiger partial charge in [-0.2, -0.15) is 5.10 Å². The Kier molecular flexibility index (Phi) is 4.70. The van der Waals surface area contributed by atoms with Crippen LogP contribution in [0.4, 0.5) is 0 Å². The van der Waals surface area contributed by atoms with Crippen LogP contribution in [0.25, 0.3) is 16.8 Å². The largest absolute Gasteiger partial charge is 0.484 e. The molecule has 0 radical (unpaired) electrons. The minimum atomic E-state index is -0.0262. The first-order chi connectivity index (χ1) is 14.2. The van der Waals surface area contributed by atoms with Crippen LogP contribution in [0.5, 0.6) is 5.75 Å². The van der Waals surface area contributed by atoms with Gasteiger partial charge in [0.1, 0.15) is 18.2 Å². The van der Waals surface area contributed by atoms with Crippen molar-refractivity contribution < 1.29 is 4.74 Å². The van der Waals surface area contributed by atoms with Crippen molar-refractivity contribution in [3.05, 3.63) is 83.3 Å². The fraction of sp³-hybridized carbons (Fsp3) is 0.217. The number of halogens is 1. The molecule has 1 aliphatic heterocycles. The van der Waals surface area contributed by atoms with Gasteiger partial charge in [-0.25, -0.2) is 9.50 Å². The summed E-state index contributed by atoms with van der Waals surface area (Å²) in [6.07, 6.45) is 4.48. The minimum Gasteiger partial charge on any atom is -0.484 e. The van der Waals surface area contributed by atoms with Crippen molar-refractivity contribution >= 4 is 17.2 Å². The maximum absolute atomic E-state index is 6.35. The van der Waals surface area contributed by atoms with Crippen LogP contribution in [0.2, 0.25) is 5.02 Å². The van der Waals surface area contributed by atoms with E-state index < -0.39 is 0 Å². The third-order valence-electron chi connectivity index (χ3n) is 5.42. The van der Waals surface area contributed by atoms with Gasteiger partial charge in [0.2, 0.25) is 0 Å². The Morgan fingerprint density at radius 2 is 1.93 bits per heavy atom. The zero-order chi connectivity index (χ0) is 19.8. The van der Waals surface area contributed by atoms with Crippen LogP contribution in [0.1, 0.15) is 23.7 Å². The number of hydrogen-bond acceptors (Lipinski definition) is 4. The predicted octanol–water partition coefficient (Wildman–Crippen LogP) is 5.01. The fourth-order valence-electron chi connectivity index (χ4n) is 3.90. The van der Waals surface area contributed by atoms with E-state index in [-0.39, 0.29) is 6.10 Å². The Labute approximate surface area is 174 Å². The lowest BCUT2D eigenvalue weighted by molar-refractivity contribution is 0.183. The average Bonchev–Trinajstić information content (AvgIpc) is 3.14. The Bertz CT molecular complexity index is 1170. The molecule has 2 aromatic heterocycles. The Hall–Kier alpha value is -2.89. The lowest BCUT2D eigenvalue weighted by atomic mass is 9.96. The Morgan fingerprint density at radius 3 is 2.83 bits per heavy atom. The molecule has 5 nitrogen and oxygen atoms in total. The van der Waals surface area contributed by atoms with E-state index in [1.54, 1.807) is 10.8 Å². The van der Waals surface area contributed by atoms with Crippen molar-refractivity contribution in [1.29, 1.82) is 0 Å². The third kappa shape index (κ3) is 3.59. The summed E-state index contributed by atoms with van der Waals surface area (Å²) < 4.78 is 8.15. The lowest BCUT2D eigenvalue weighted by Crippen LogP contribution is -2.18. The molecule has 0 fully saturated rings. The van der Waals surface area contributed by atoms with E-state index in [1.165, 1.54) is 11.1 Å². The molecule has 0 aliphatic carbocycles. The third-order valence-corrected chi connectivity index (χ3v) is 5.73. The van der Waals surface area contributed by atoms with Gasteiger partial charge in [0.05, 0.1) is 5.02 Å². The summed E-state index contributed by atoms with van der Waals surface area (Å²) in [5.41, 5.74) is 5.61. The van der Waals surface area contributed by atoms with Crippen LogP contribution in [0.15, 0.2) is 67.1 Å². The number of aromatic nitrogens is 3. The molecule has 29 heavy (non-hydrogen) atoms. The van der Waals surface area contributed by atoms with Crippen LogP contribution in [-0.2, 0) is 6.54 Å². The summed E-state index contributed by atoms with van der Waals surface area (Å²) in [5.74, 6) is 0.732. The molecule has 5 rings (SSSR count). The first-order valence-electron chi connectivity index (χ1n) is 9.70. The van der Waals surface area contributed by atoms with E-state index in [4.69, 9.17) is 16.3 Å². The number of pyridine rings is 1. The molecule has 6 heteroatoms. The standard InChI is InChI=1S/C23H21ClN4O/c1-27-11-10-21(29-22-5-3-2-4-20(22)24)19-8-6-16(12-18(19)13-27)17-7-9-23-25-15-26-28(23)14-17/h2-9,12,14-15,21H,10-11,13H2,1H3. The topological polar surface area (TPSA) is 42.7 Å². The first kappa shape index (κ1) is 18.2. The molecule has 0 bridgehead atoms. The highest BCUT2D eigenvalue weighted by Crippen LogP contribution is 2.35. The van der Waals surface area contributed by atoms with Crippen molar-refractivity contribution in [2.24, 2.45) is 0 Å². The molecule has 3 heterocycles. The quantitative estimate of drug-likeness (QED) is 0.481. The number of nitrogens with zero attached hydrogens (tertiary/aromatic N) is 4. The van der Waals surface area contributed by atoms with E-state index in [0.29, 0.717) is 5.02 Å². The van der Waals surface area contributed by atoms with Gasteiger partial charge in [-0.3, -0.25) is 0 Å². The minimum absolute atomic E-state index is 0.0262. The molecule has 0 saturated carbocycles. The average molecular weight is 405 g/mol. The van der Waals surface area contributed by atoms with Gasteiger partial charge in [0.25, 0.3) is 0 Å². The van der Waals surface area contributed by atoms with E-state index in [9.17, 15) is 0 Å². The van der Waals surface area contributed by atoms with Crippen LogP contribution < -0.4 is 4.74 Å². The summed E-state index contributed by atoms with van der Waals surface area (Å²) in [6.45, 7) is 1.85. The maximum atomic E-state index is 6.35. The number of ether oxygens (including phenoxy) is 1. The molecule has 0 saturated heterocycles. The molecule has 1 unspecified atom stereocenters. The number of fused-ring (bicyclic) bond motifs is 2. The number of benzene rings is 2. The highest BCUT2D eigenvalue weighted by atomic mass is 35.5. The molecule has 1 aliphatic rings. The van der Waals surface area contributed by atoms with Crippen molar-refractivity contribution in [1.82, 2.24) is 19.5 Å². The fourth-order valence-corrected chi connectivity index (χ4v) is 4.08. The van der Waals surface area contributed by atoms with Gasteiger partial charge in [0.15, 0.2) is 5.65 Å². The van der Waals surface area contributed by atoms with Gasteiger partial charge >= 0.3 is 0 Å². The molecular weight excluding hydrogens is 384 g/mol. The van der Waals surface area contributed by atoms with Crippen LogP contribution >= 0.6 is 11.6 Å². The second-order valence-electron chi connectivity index (χ2n) is 7.46. The number of rotatable bonds is 3. The highest BCUT2D eigenvalue weighted by Gasteiger charge is 2.23. The molecule has 1 atom stereocenters. The molecule has 0 amide bonds. The number of para-hydroxylation sites is 1. The van der Waals surface area contributed by atoms with Gasteiger partial charge < -0.3 is 9.64 Å². The summed E-state index contributed by atoms with van der Waals surface area (Å²) >= 11 is 6.33. The summed E-state index contributed by atoms with van der Waals surface area (Å²) in [4.78, 5) is 6.55. The van der Waals surface area contributed by atoms with Crippen molar-refractivity contribution in [2.45, 2.75) is 19.1 Å². The van der Waals surface area contributed by atoms with Gasteiger partial charge in [-0.15, -0.1) is 0 Å². The van der Waals surface area contributed by atoms with Crippen LogP contribution in [0.3, 0.4) is 0 Å². The van der Waals surface area contributed by atoms with Crippen molar-refractivity contribution in [3.63, 3.8) is 0 Å². The normalized spacial score (nSPS) is 17.1. The smallest absolute Gasteiger partial charge is 0.155 e. The van der Waals surface area contributed by atoms with E-state index in [0.717, 1.165) is 42.0 Å². The lowest BCUT2D eigenvalue weighted by Gasteiger charge is -2.21. The zero-order valence-corrected chi connectivity index (χ0v) is 16.9. The highest BCUT2D eigenvalue weighted by molar-refractivity contribution is 6.32. The summed E-state index contributed by atoms with van der Waals surface area (Å²) in [5, 5.41) is 4.89. The van der Waals surface area contributed by atoms with Gasteiger partial charge in [-0.1, -0.05) is 35.9 Å². The maximum Gasteiger partial charge on any atom is 0.155 e. The van der Waals surface area contributed by atoms with Crippen molar-refractivity contribution in [2.75, 3.05) is 13.6 Å². The van der Waals surface area contributed by atoms with Gasteiger partial charge in [0, 0.05) is 31.3 Å². The van der Waals surface area contributed by atoms with Crippen LogP contribution in [0, 0.1) is 0 Å². The van der Waals surface area contributed by atoms with E-state index >= 15 is 0 Å². The molecule has 146 valence electrons. The molecule has 4 aromatic rings. The Balaban J connectivity index is 1.52. The number of hydrogen-bond donors (Lipinski definition) is 0. The predicted molar refractivity (Wildman–Crippen MR) is 114 cm³/mol. The molecule has 0 spiro atoms. The second-order valence-corrected chi connectivity index (χ2v) is 7.86. The first-order valence-corrected chi connectivity index (χ1v) is 10.1. The monoisotopic (exact) mass is 404 g/mol. The van der Waals surface area contributed by atoms with Crippen molar-refractivity contribution in [3.8, 4) is 16.9 Å². The van der Waals surface area contributed by atoms with Crippen LogP contribution in [-0.4, -0.2) is 33.1 Å². The van der Waals surface area contributed by atoms with Gasteiger partial charge in [-0.05, 0) is 54.1 Å². The second kappa shape index (κ2) is 7.50. The molecular formula is C23H21ClN4O. The summed E-state index contributed by atoms with van der Waals surface area (Å²) in [7, 11) is 2.15. The SMILES string of the molecule is CN1CCC(Oc2ccccc2Cl)c2ccc(-c3ccc4ncnn4c3)cc2C1. The Morgan fingerprint density at radius 1 is 1.07 bits per heavy atom. The zero-order valence-electron chi connectivity index (χ0n) is 16.1. The van der Waals surface area contributed by atoms with E-state index in [2.05, 4.69) is 46.3 Å². The molecule has 0 N–H and O–H groups in total. The molecule has 2 aromatic carbocycles.